The van der Waals surface area contributed by atoms with Gasteiger partial charge in [0.15, 0.2) is 0 Å². The Balaban J connectivity index is 1.42. The normalized spacial score (nSPS) is 16.5. The second-order valence-corrected chi connectivity index (χ2v) is 7.43. The SMILES string of the molecule is Cc1cccn2c(=O)cc(CN3CCN(Cc4ccsc4)CC3)nc12. The first-order chi connectivity index (χ1) is 12.2. The molecule has 6 heteroatoms. The molecule has 0 spiro atoms. The number of hydrogen-bond donors (Lipinski definition) is 0. The van der Waals surface area contributed by atoms with E-state index in [9.17, 15) is 4.79 Å². The molecular formula is C19H22N4OS. The Kier molecular flexibility index (Phi) is 4.65. The van der Waals surface area contributed by atoms with Crippen LogP contribution in [0.5, 0.6) is 0 Å². The fourth-order valence-corrected chi connectivity index (χ4v) is 4.03. The lowest BCUT2D eigenvalue weighted by molar-refractivity contribution is 0.121. The van der Waals surface area contributed by atoms with Crippen molar-refractivity contribution in [3.8, 4) is 0 Å². The van der Waals surface area contributed by atoms with E-state index in [1.165, 1.54) is 5.56 Å². The molecule has 0 aliphatic carbocycles. The van der Waals surface area contributed by atoms with Crippen LogP contribution in [-0.4, -0.2) is 45.4 Å². The Hall–Kier alpha value is -2.02. The van der Waals surface area contributed by atoms with Crippen LogP contribution in [-0.2, 0) is 13.1 Å². The molecular weight excluding hydrogens is 332 g/mol. The molecule has 4 heterocycles. The van der Waals surface area contributed by atoms with Crippen LogP contribution >= 0.6 is 11.3 Å². The summed E-state index contributed by atoms with van der Waals surface area (Å²) in [4.78, 5) is 21.9. The van der Waals surface area contributed by atoms with Gasteiger partial charge in [-0.25, -0.2) is 4.98 Å². The number of aryl methyl sites for hydroxylation is 1. The summed E-state index contributed by atoms with van der Waals surface area (Å²) >= 11 is 1.76. The highest BCUT2D eigenvalue weighted by Crippen LogP contribution is 2.13. The van der Waals surface area contributed by atoms with Gasteiger partial charge < -0.3 is 0 Å². The number of aromatic nitrogens is 2. The van der Waals surface area contributed by atoms with Crippen molar-refractivity contribution in [1.29, 1.82) is 0 Å². The second-order valence-electron chi connectivity index (χ2n) is 6.65. The van der Waals surface area contributed by atoms with Crippen LogP contribution < -0.4 is 5.56 Å². The van der Waals surface area contributed by atoms with E-state index in [1.807, 2.05) is 19.1 Å². The predicted molar refractivity (Wildman–Crippen MR) is 101 cm³/mol. The Morgan fingerprint density at radius 1 is 1.12 bits per heavy atom. The molecule has 1 saturated heterocycles. The van der Waals surface area contributed by atoms with Gasteiger partial charge >= 0.3 is 0 Å². The van der Waals surface area contributed by atoms with Gasteiger partial charge in [0, 0.05) is 51.5 Å². The Bertz CT molecular complexity index is 911. The third kappa shape index (κ3) is 3.66. The first-order valence-electron chi connectivity index (χ1n) is 8.63. The second kappa shape index (κ2) is 7.07. The molecule has 0 radical (unpaired) electrons. The van der Waals surface area contributed by atoms with Crippen molar-refractivity contribution in [2.45, 2.75) is 20.0 Å². The van der Waals surface area contributed by atoms with Gasteiger partial charge in [-0.3, -0.25) is 19.0 Å². The van der Waals surface area contributed by atoms with Gasteiger partial charge in [0.1, 0.15) is 5.65 Å². The van der Waals surface area contributed by atoms with Crippen molar-refractivity contribution in [3.05, 3.63) is 68.4 Å². The van der Waals surface area contributed by atoms with E-state index in [1.54, 1.807) is 28.0 Å². The summed E-state index contributed by atoms with van der Waals surface area (Å²) in [5.41, 5.74) is 4.06. The topological polar surface area (TPSA) is 40.9 Å². The lowest BCUT2D eigenvalue weighted by atomic mass is 10.2. The number of rotatable bonds is 4. The summed E-state index contributed by atoms with van der Waals surface area (Å²) in [5.74, 6) is 0. The molecule has 1 fully saturated rings. The van der Waals surface area contributed by atoms with Crippen LogP contribution in [0, 0.1) is 6.92 Å². The largest absolute Gasteiger partial charge is 0.297 e. The average molecular weight is 354 g/mol. The minimum Gasteiger partial charge on any atom is -0.297 e. The Morgan fingerprint density at radius 2 is 1.88 bits per heavy atom. The number of nitrogens with zero attached hydrogens (tertiary/aromatic N) is 4. The van der Waals surface area contributed by atoms with Crippen molar-refractivity contribution in [2.24, 2.45) is 0 Å². The zero-order valence-electron chi connectivity index (χ0n) is 14.4. The fourth-order valence-electron chi connectivity index (χ4n) is 3.37. The Labute approximate surface area is 151 Å². The van der Waals surface area contributed by atoms with Crippen LogP contribution in [0.4, 0.5) is 0 Å². The maximum atomic E-state index is 12.3. The van der Waals surface area contributed by atoms with Crippen LogP contribution in [0.25, 0.3) is 5.65 Å². The summed E-state index contributed by atoms with van der Waals surface area (Å²) in [5, 5.41) is 4.36. The molecule has 0 atom stereocenters. The van der Waals surface area contributed by atoms with E-state index in [2.05, 4.69) is 26.6 Å². The minimum atomic E-state index is -0.000191. The lowest BCUT2D eigenvalue weighted by Crippen LogP contribution is -2.45. The quantitative estimate of drug-likeness (QED) is 0.721. The average Bonchev–Trinajstić information content (AvgIpc) is 3.11. The van der Waals surface area contributed by atoms with Gasteiger partial charge in [-0.15, -0.1) is 0 Å². The predicted octanol–water partition coefficient (Wildman–Crippen LogP) is 2.38. The van der Waals surface area contributed by atoms with Crippen LogP contribution in [0.1, 0.15) is 16.8 Å². The fraction of sp³-hybridized carbons (Fsp3) is 0.368. The summed E-state index contributed by atoms with van der Waals surface area (Å²) in [6.07, 6.45) is 1.78. The molecule has 0 amide bonds. The number of fused-ring (bicyclic) bond motifs is 1. The molecule has 1 aliphatic rings. The van der Waals surface area contributed by atoms with Gasteiger partial charge in [0.05, 0.1) is 5.69 Å². The zero-order chi connectivity index (χ0) is 17.2. The van der Waals surface area contributed by atoms with Crippen molar-refractivity contribution in [2.75, 3.05) is 26.2 Å². The van der Waals surface area contributed by atoms with E-state index in [0.717, 1.165) is 56.2 Å². The van der Waals surface area contributed by atoms with E-state index in [4.69, 9.17) is 4.98 Å². The van der Waals surface area contributed by atoms with Gasteiger partial charge in [0.2, 0.25) is 0 Å². The van der Waals surface area contributed by atoms with Crippen LogP contribution in [0.15, 0.2) is 46.0 Å². The molecule has 130 valence electrons. The monoisotopic (exact) mass is 354 g/mol. The number of hydrogen-bond acceptors (Lipinski definition) is 5. The molecule has 4 rings (SSSR count). The third-order valence-corrected chi connectivity index (χ3v) is 5.51. The van der Waals surface area contributed by atoms with Crippen LogP contribution in [0.2, 0.25) is 0 Å². The highest BCUT2D eigenvalue weighted by atomic mass is 32.1. The number of piperazine rings is 1. The highest BCUT2D eigenvalue weighted by molar-refractivity contribution is 7.07. The standard InChI is InChI=1S/C19H22N4OS/c1-15-3-2-5-23-18(24)11-17(20-19(15)23)13-22-8-6-21(7-9-22)12-16-4-10-25-14-16/h2-5,10-11,14H,6-9,12-13H2,1H3. The maximum Gasteiger partial charge on any atom is 0.258 e. The molecule has 3 aromatic rings. The van der Waals surface area contributed by atoms with E-state index in [0.29, 0.717) is 0 Å². The maximum absolute atomic E-state index is 12.3. The minimum absolute atomic E-state index is 0.000191. The smallest absolute Gasteiger partial charge is 0.258 e. The van der Waals surface area contributed by atoms with E-state index < -0.39 is 0 Å². The first kappa shape index (κ1) is 16.4. The first-order valence-corrected chi connectivity index (χ1v) is 9.57. The van der Waals surface area contributed by atoms with E-state index in [-0.39, 0.29) is 5.56 Å². The number of pyridine rings is 1. The molecule has 0 unspecified atom stereocenters. The van der Waals surface area contributed by atoms with Crippen molar-refractivity contribution < 1.29 is 0 Å². The molecule has 25 heavy (non-hydrogen) atoms. The highest BCUT2D eigenvalue weighted by Gasteiger charge is 2.18. The van der Waals surface area contributed by atoms with Crippen molar-refractivity contribution >= 4 is 17.0 Å². The molecule has 5 nitrogen and oxygen atoms in total. The van der Waals surface area contributed by atoms with Gasteiger partial charge in [0.25, 0.3) is 5.56 Å². The summed E-state index contributed by atoms with van der Waals surface area (Å²) in [6, 6.07) is 7.75. The van der Waals surface area contributed by atoms with E-state index >= 15 is 0 Å². The Morgan fingerprint density at radius 3 is 2.60 bits per heavy atom. The molecule has 0 saturated carbocycles. The van der Waals surface area contributed by atoms with Crippen LogP contribution in [0.3, 0.4) is 0 Å². The van der Waals surface area contributed by atoms with Crippen molar-refractivity contribution in [3.63, 3.8) is 0 Å². The van der Waals surface area contributed by atoms with Crippen molar-refractivity contribution in [1.82, 2.24) is 19.2 Å². The summed E-state index contributed by atoms with van der Waals surface area (Å²) in [7, 11) is 0. The van der Waals surface area contributed by atoms with Gasteiger partial charge in [-0.1, -0.05) is 6.07 Å². The number of thiophene rings is 1. The summed E-state index contributed by atoms with van der Waals surface area (Å²) in [6.45, 7) is 7.91. The van der Waals surface area contributed by atoms with Gasteiger partial charge in [-0.05, 0) is 40.9 Å². The summed E-state index contributed by atoms with van der Waals surface area (Å²) < 4.78 is 1.62. The van der Waals surface area contributed by atoms with Gasteiger partial charge in [-0.2, -0.15) is 11.3 Å². The molecule has 0 bridgehead atoms. The lowest BCUT2D eigenvalue weighted by Gasteiger charge is -2.34. The molecule has 3 aromatic heterocycles. The molecule has 0 N–H and O–H groups in total. The zero-order valence-corrected chi connectivity index (χ0v) is 15.2. The molecule has 0 aromatic carbocycles. The molecule has 1 aliphatic heterocycles. The third-order valence-electron chi connectivity index (χ3n) is 4.78.